The van der Waals surface area contributed by atoms with E-state index in [4.69, 9.17) is 0 Å². The number of thioether (sulfide) groups is 1. The van der Waals surface area contributed by atoms with Crippen LogP contribution in [0.15, 0.2) is 34.3 Å². The first-order valence-electron chi connectivity index (χ1n) is 9.64. The second kappa shape index (κ2) is 9.23. The average Bonchev–Trinajstić information content (AvgIpc) is 3.32. The van der Waals surface area contributed by atoms with Gasteiger partial charge < -0.3 is 5.32 Å². The molecule has 1 aromatic heterocycles. The molecule has 9 nitrogen and oxygen atoms in total. The molecular formula is C18H26N6O3S2. The van der Waals surface area contributed by atoms with Crippen molar-refractivity contribution in [3.8, 4) is 0 Å². The Morgan fingerprint density at radius 3 is 2.45 bits per heavy atom. The van der Waals surface area contributed by atoms with E-state index in [0.717, 1.165) is 12.8 Å². The van der Waals surface area contributed by atoms with Crippen molar-refractivity contribution in [1.29, 1.82) is 0 Å². The van der Waals surface area contributed by atoms with E-state index >= 15 is 0 Å². The number of nitrogens with zero attached hydrogens (tertiary/aromatic N) is 4. The zero-order chi connectivity index (χ0) is 21.0. The summed E-state index contributed by atoms with van der Waals surface area (Å²) in [6.45, 7) is 5.31. The van der Waals surface area contributed by atoms with Crippen LogP contribution in [0, 0.1) is 0 Å². The van der Waals surface area contributed by atoms with Crippen molar-refractivity contribution in [2.45, 2.75) is 73.8 Å². The summed E-state index contributed by atoms with van der Waals surface area (Å²) in [5.74, 6) is -0.202. The molecule has 0 spiro atoms. The third-order valence-corrected chi connectivity index (χ3v) is 7.33. The first-order valence-corrected chi connectivity index (χ1v) is 12.0. The highest BCUT2D eigenvalue weighted by Gasteiger charge is 2.25. The number of carbonyl (C=O) groups excluding carboxylic acids is 1. The van der Waals surface area contributed by atoms with Crippen molar-refractivity contribution in [2.75, 3.05) is 5.32 Å². The summed E-state index contributed by atoms with van der Waals surface area (Å²) in [6, 6.07) is 6.20. The van der Waals surface area contributed by atoms with Gasteiger partial charge in [0.1, 0.15) is 0 Å². The van der Waals surface area contributed by atoms with E-state index in [1.165, 1.54) is 36.7 Å². The Hall–Kier alpha value is -1.98. The Bertz CT molecular complexity index is 937. The van der Waals surface area contributed by atoms with Gasteiger partial charge in [-0.2, -0.15) is 0 Å². The predicted octanol–water partition coefficient (Wildman–Crippen LogP) is 2.59. The number of amides is 1. The van der Waals surface area contributed by atoms with Gasteiger partial charge >= 0.3 is 0 Å². The minimum Gasteiger partial charge on any atom is -0.325 e. The van der Waals surface area contributed by atoms with Gasteiger partial charge in [0, 0.05) is 11.7 Å². The molecule has 1 unspecified atom stereocenters. The molecule has 0 bridgehead atoms. The zero-order valence-corrected chi connectivity index (χ0v) is 18.3. The van der Waals surface area contributed by atoms with Crippen LogP contribution in [0.4, 0.5) is 5.69 Å². The van der Waals surface area contributed by atoms with Crippen LogP contribution in [0.2, 0.25) is 0 Å². The van der Waals surface area contributed by atoms with E-state index in [-0.39, 0.29) is 16.8 Å². The number of tetrazole rings is 1. The fraction of sp³-hybridized carbons (Fsp3) is 0.556. The molecule has 1 heterocycles. The molecule has 1 aliphatic carbocycles. The smallest absolute Gasteiger partial charge is 0.240 e. The lowest BCUT2D eigenvalue weighted by atomic mass is 10.3. The first-order chi connectivity index (χ1) is 13.8. The maximum Gasteiger partial charge on any atom is 0.240 e. The van der Waals surface area contributed by atoms with Crippen molar-refractivity contribution in [3.63, 3.8) is 0 Å². The highest BCUT2D eigenvalue weighted by molar-refractivity contribution is 8.00. The Balaban J connectivity index is 1.61. The molecular weight excluding hydrogens is 412 g/mol. The maximum atomic E-state index is 12.6. The van der Waals surface area contributed by atoms with E-state index in [1.54, 1.807) is 32.9 Å². The average molecular weight is 439 g/mol. The molecule has 1 aromatic carbocycles. The highest BCUT2D eigenvalue weighted by atomic mass is 32.2. The molecule has 3 rings (SSSR count). The lowest BCUT2D eigenvalue weighted by molar-refractivity contribution is -0.115. The molecule has 0 radical (unpaired) electrons. The number of anilines is 1. The monoisotopic (exact) mass is 438 g/mol. The molecule has 0 saturated heterocycles. The molecule has 1 atom stereocenters. The predicted molar refractivity (Wildman–Crippen MR) is 111 cm³/mol. The SMILES string of the molecule is CC(C)NS(=O)(=O)c1ccc(NC(=O)C(C)Sc2nnnn2C2CCCC2)cc1. The molecule has 1 aliphatic rings. The largest absolute Gasteiger partial charge is 0.325 e. The van der Waals surface area contributed by atoms with Gasteiger partial charge in [0.05, 0.1) is 16.2 Å². The minimum atomic E-state index is -3.56. The summed E-state index contributed by atoms with van der Waals surface area (Å²) in [4.78, 5) is 12.7. The Labute approximate surface area is 175 Å². The number of sulfonamides is 1. The van der Waals surface area contributed by atoms with Gasteiger partial charge in [-0.3, -0.25) is 4.79 Å². The Morgan fingerprint density at radius 1 is 1.17 bits per heavy atom. The van der Waals surface area contributed by atoms with Crippen molar-refractivity contribution in [2.24, 2.45) is 0 Å². The van der Waals surface area contributed by atoms with E-state index in [1.807, 2.05) is 4.68 Å². The minimum absolute atomic E-state index is 0.155. The zero-order valence-electron chi connectivity index (χ0n) is 16.7. The maximum absolute atomic E-state index is 12.6. The third kappa shape index (κ3) is 5.55. The number of benzene rings is 1. The molecule has 1 fully saturated rings. The lowest BCUT2D eigenvalue weighted by Gasteiger charge is -2.14. The second-order valence-electron chi connectivity index (χ2n) is 7.39. The summed E-state index contributed by atoms with van der Waals surface area (Å²) >= 11 is 1.31. The Morgan fingerprint density at radius 2 is 1.83 bits per heavy atom. The number of rotatable bonds is 8. The normalized spacial score (nSPS) is 16.3. The van der Waals surface area contributed by atoms with E-state index in [9.17, 15) is 13.2 Å². The fourth-order valence-corrected chi connectivity index (χ4v) is 5.30. The van der Waals surface area contributed by atoms with Crippen LogP contribution >= 0.6 is 11.8 Å². The number of carbonyl (C=O) groups is 1. The van der Waals surface area contributed by atoms with Crippen LogP contribution in [0.5, 0.6) is 0 Å². The number of hydrogen-bond acceptors (Lipinski definition) is 7. The Kier molecular flexibility index (Phi) is 6.91. The highest BCUT2D eigenvalue weighted by Crippen LogP contribution is 2.32. The van der Waals surface area contributed by atoms with Gasteiger partial charge in [0.25, 0.3) is 0 Å². The van der Waals surface area contributed by atoms with Crippen LogP contribution in [-0.2, 0) is 14.8 Å². The number of aromatic nitrogens is 4. The van der Waals surface area contributed by atoms with Gasteiger partial charge in [-0.1, -0.05) is 24.6 Å². The van der Waals surface area contributed by atoms with Crippen molar-refractivity contribution in [3.05, 3.63) is 24.3 Å². The van der Waals surface area contributed by atoms with Gasteiger partial charge in [-0.25, -0.2) is 17.8 Å². The molecule has 158 valence electrons. The van der Waals surface area contributed by atoms with Crippen molar-refractivity contribution >= 4 is 33.4 Å². The van der Waals surface area contributed by atoms with Gasteiger partial charge in [0.2, 0.25) is 21.1 Å². The van der Waals surface area contributed by atoms with Crippen molar-refractivity contribution < 1.29 is 13.2 Å². The quantitative estimate of drug-likeness (QED) is 0.608. The van der Waals surface area contributed by atoms with E-state index in [0.29, 0.717) is 16.9 Å². The summed E-state index contributed by atoms with van der Waals surface area (Å²) in [5.41, 5.74) is 0.529. The second-order valence-corrected chi connectivity index (χ2v) is 10.4. The number of nitrogens with one attached hydrogen (secondary N) is 2. The van der Waals surface area contributed by atoms with Crippen LogP contribution in [0.3, 0.4) is 0 Å². The van der Waals surface area contributed by atoms with Gasteiger partial charge in [0.15, 0.2) is 0 Å². The van der Waals surface area contributed by atoms with E-state index in [2.05, 4.69) is 25.6 Å². The summed E-state index contributed by atoms with van der Waals surface area (Å²) < 4.78 is 28.7. The third-order valence-electron chi connectivity index (χ3n) is 4.61. The van der Waals surface area contributed by atoms with Crippen LogP contribution in [-0.4, -0.2) is 45.8 Å². The molecule has 2 aromatic rings. The molecule has 1 saturated carbocycles. The molecule has 29 heavy (non-hydrogen) atoms. The van der Waals surface area contributed by atoms with Crippen LogP contribution < -0.4 is 10.0 Å². The first kappa shape index (κ1) is 21.7. The topological polar surface area (TPSA) is 119 Å². The van der Waals surface area contributed by atoms with Gasteiger partial charge in [-0.15, -0.1) is 5.10 Å². The van der Waals surface area contributed by atoms with E-state index < -0.39 is 15.3 Å². The summed E-state index contributed by atoms with van der Waals surface area (Å²) in [5, 5.41) is 15.0. The summed E-state index contributed by atoms with van der Waals surface area (Å²) in [7, 11) is -3.56. The number of hydrogen-bond donors (Lipinski definition) is 2. The van der Waals surface area contributed by atoms with Crippen molar-refractivity contribution in [1.82, 2.24) is 24.9 Å². The lowest BCUT2D eigenvalue weighted by Crippen LogP contribution is -2.30. The van der Waals surface area contributed by atoms with Crippen LogP contribution in [0.25, 0.3) is 0 Å². The molecule has 11 heteroatoms. The van der Waals surface area contributed by atoms with Crippen LogP contribution in [0.1, 0.15) is 52.5 Å². The molecule has 1 amide bonds. The fourth-order valence-electron chi connectivity index (χ4n) is 3.19. The van der Waals surface area contributed by atoms with Gasteiger partial charge in [-0.05, 0) is 68.3 Å². The molecule has 0 aliphatic heterocycles. The summed E-state index contributed by atoms with van der Waals surface area (Å²) in [6.07, 6.45) is 4.45. The molecule has 2 N–H and O–H groups in total. The standard InChI is InChI=1S/C18H26N6O3S2/c1-12(2)21-29(26,27)16-10-8-14(9-11-16)19-17(25)13(3)28-18-20-22-23-24(18)15-6-4-5-7-15/h8-13,15,21H,4-7H2,1-3H3,(H,19,25).